The van der Waals surface area contributed by atoms with Gasteiger partial charge in [0.2, 0.25) is 10.0 Å². The first-order valence-corrected chi connectivity index (χ1v) is 11.8. The summed E-state index contributed by atoms with van der Waals surface area (Å²) in [5, 5.41) is 4.52. The molecule has 2 aromatic carbocycles. The van der Waals surface area contributed by atoms with E-state index in [1.807, 2.05) is 43.5 Å². The lowest BCUT2D eigenvalue weighted by Gasteiger charge is -2.09. The largest absolute Gasteiger partial charge is 0.452 e. The van der Waals surface area contributed by atoms with E-state index in [-0.39, 0.29) is 17.0 Å². The Morgan fingerprint density at radius 1 is 1.00 bits per heavy atom. The Balaban J connectivity index is 1.59. The molecule has 0 aliphatic heterocycles. The van der Waals surface area contributed by atoms with Crippen molar-refractivity contribution in [3.05, 3.63) is 81.5 Å². The van der Waals surface area contributed by atoms with Gasteiger partial charge in [-0.2, -0.15) is 0 Å². The maximum atomic E-state index is 12.5. The quantitative estimate of drug-likeness (QED) is 0.502. The van der Waals surface area contributed by atoms with E-state index in [9.17, 15) is 18.0 Å². The molecule has 7 nitrogen and oxygen atoms in total. The number of esters is 1. The zero-order valence-electron chi connectivity index (χ0n) is 17.0. The minimum atomic E-state index is -3.80. The third-order valence-corrected chi connectivity index (χ3v) is 6.80. The summed E-state index contributed by atoms with van der Waals surface area (Å²) in [6, 6.07) is 14.6. The van der Waals surface area contributed by atoms with Crippen LogP contribution >= 0.6 is 11.3 Å². The predicted octanol–water partition coefficient (Wildman–Crippen LogP) is 3.64. The number of carbonyl (C=O) groups excluding carboxylic acids is 2. The Labute approximate surface area is 185 Å². The summed E-state index contributed by atoms with van der Waals surface area (Å²) in [7, 11) is -3.80. The Morgan fingerprint density at radius 3 is 2.52 bits per heavy atom. The first-order chi connectivity index (χ1) is 14.7. The van der Waals surface area contributed by atoms with Gasteiger partial charge in [0.15, 0.2) is 6.61 Å². The van der Waals surface area contributed by atoms with Crippen LogP contribution < -0.4 is 10.0 Å². The van der Waals surface area contributed by atoms with Crippen LogP contribution in [-0.4, -0.2) is 26.9 Å². The molecule has 0 unspecified atom stereocenters. The summed E-state index contributed by atoms with van der Waals surface area (Å²) >= 11 is 1.44. The van der Waals surface area contributed by atoms with E-state index in [1.165, 1.54) is 35.6 Å². The number of anilines is 1. The number of amides is 1. The predicted molar refractivity (Wildman–Crippen MR) is 120 cm³/mol. The maximum Gasteiger partial charge on any atom is 0.338 e. The molecule has 3 rings (SSSR count). The molecule has 0 saturated heterocycles. The standard InChI is InChI=1S/C22H22N2O5S2/c1-15-8-9-18(11-16(15)2)24-21(25)14-29-22(26)17-5-3-7-20(12-17)31(27,28)23-13-19-6-4-10-30-19/h3-12,23H,13-14H2,1-2H3,(H,24,25). The van der Waals surface area contributed by atoms with Crippen LogP contribution in [0.1, 0.15) is 26.4 Å². The van der Waals surface area contributed by atoms with Crippen LogP contribution in [0.3, 0.4) is 0 Å². The van der Waals surface area contributed by atoms with Crippen molar-refractivity contribution >= 4 is 38.9 Å². The summed E-state index contributed by atoms with van der Waals surface area (Å²) in [6.45, 7) is 3.57. The van der Waals surface area contributed by atoms with Gasteiger partial charge in [-0.3, -0.25) is 4.79 Å². The third kappa shape index (κ3) is 6.24. The molecule has 9 heteroatoms. The number of nitrogens with one attached hydrogen (secondary N) is 2. The second-order valence-electron chi connectivity index (χ2n) is 6.86. The molecule has 0 spiro atoms. The molecule has 0 aliphatic carbocycles. The lowest BCUT2D eigenvalue weighted by molar-refractivity contribution is -0.119. The van der Waals surface area contributed by atoms with E-state index >= 15 is 0 Å². The van der Waals surface area contributed by atoms with Crippen molar-refractivity contribution in [3.8, 4) is 0 Å². The number of benzene rings is 2. The summed E-state index contributed by atoms with van der Waals surface area (Å²) in [4.78, 5) is 25.2. The molecule has 1 amide bonds. The molecule has 2 N–H and O–H groups in total. The first-order valence-electron chi connectivity index (χ1n) is 9.41. The van der Waals surface area contributed by atoms with Crippen molar-refractivity contribution in [2.75, 3.05) is 11.9 Å². The maximum absolute atomic E-state index is 12.5. The van der Waals surface area contributed by atoms with Gasteiger partial charge in [-0.1, -0.05) is 18.2 Å². The highest BCUT2D eigenvalue weighted by Gasteiger charge is 2.17. The van der Waals surface area contributed by atoms with Crippen molar-refractivity contribution in [1.29, 1.82) is 0 Å². The molecule has 31 heavy (non-hydrogen) atoms. The van der Waals surface area contributed by atoms with Gasteiger partial charge in [0.05, 0.1) is 10.5 Å². The molecule has 0 radical (unpaired) electrons. The molecule has 162 valence electrons. The van der Waals surface area contributed by atoms with Crippen LogP contribution in [0.5, 0.6) is 0 Å². The normalized spacial score (nSPS) is 11.2. The SMILES string of the molecule is Cc1ccc(NC(=O)COC(=O)c2cccc(S(=O)(=O)NCc3cccs3)c2)cc1C. The van der Waals surface area contributed by atoms with Crippen LogP contribution in [0.25, 0.3) is 0 Å². The number of hydrogen-bond acceptors (Lipinski definition) is 6. The molecule has 0 fully saturated rings. The zero-order chi connectivity index (χ0) is 22.4. The van der Waals surface area contributed by atoms with Gasteiger partial charge in [0.1, 0.15) is 0 Å². The van der Waals surface area contributed by atoms with E-state index in [4.69, 9.17) is 4.74 Å². The van der Waals surface area contributed by atoms with Crippen LogP contribution in [-0.2, 0) is 26.1 Å². The molecule has 3 aromatic rings. The lowest BCUT2D eigenvalue weighted by atomic mass is 10.1. The molecule has 0 atom stereocenters. The molecule has 1 aromatic heterocycles. The van der Waals surface area contributed by atoms with Crippen molar-refractivity contribution in [2.45, 2.75) is 25.3 Å². The number of sulfonamides is 1. The summed E-state index contributed by atoms with van der Waals surface area (Å²) in [5.41, 5.74) is 2.77. The monoisotopic (exact) mass is 458 g/mol. The zero-order valence-corrected chi connectivity index (χ0v) is 18.7. The summed E-state index contributed by atoms with van der Waals surface area (Å²) in [6.07, 6.45) is 0. The van der Waals surface area contributed by atoms with Crippen LogP contribution in [0, 0.1) is 13.8 Å². The highest BCUT2D eigenvalue weighted by molar-refractivity contribution is 7.89. The lowest BCUT2D eigenvalue weighted by Crippen LogP contribution is -2.23. The number of aryl methyl sites for hydroxylation is 2. The molecule has 1 heterocycles. The van der Waals surface area contributed by atoms with Gasteiger partial charge in [-0.25, -0.2) is 17.9 Å². The average Bonchev–Trinajstić information content (AvgIpc) is 3.27. The van der Waals surface area contributed by atoms with Crippen molar-refractivity contribution in [1.82, 2.24) is 4.72 Å². The van der Waals surface area contributed by atoms with Crippen LogP contribution in [0.15, 0.2) is 64.9 Å². The smallest absolute Gasteiger partial charge is 0.338 e. The van der Waals surface area contributed by atoms with Gasteiger partial charge in [-0.15, -0.1) is 11.3 Å². The Bertz CT molecular complexity index is 1190. The van der Waals surface area contributed by atoms with Gasteiger partial charge >= 0.3 is 5.97 Å². The Hall–Kier alpha value is -3.01. The minimum absolute atomic E-state index is 0.0398. The van der Waals surface area contributed by atoms with E-state index in [1.54, 1.807) is 6.07 Å². The molecule has 0 bridgehead atoms. The molecular formula is C22H22N2O5S2. The minimum Gasteiger partial charge on any atom is -0.452 e. The van der Waals surface area contributed by atoms with Gasteiger partial charge in [0, 0.05) is 17.1 Å². The van der Waals surface area contributed by atoms with Gasteiger partial charge in [0.25, 0.3) is 5.91 Å². The number of hydrogen-bond donors (Lipinski definition) is 2. The fourth-order valence-electron chi connectivity index (χ4n) is 2.68. The average molecular weight is 459 g/mol. The fraction of sp³-hybridized carbons (Fsp3) is 0.182. The highest BCUT2D eigenvalue weighted by Crippen LogP contribution is 2.16. The van der Waals surface area contributed by atoms with Crippen molar-refractivity contribution < 1.29 is 22.7 Å². The summed E-state index contributed by atoms with van der Waals surface area (Å²) < 4.78 is 32.5. The second-order valence-corrected chi connectivity index (χ2v) is 9.65. The van der Waals surface area contributed by atoms with E-state index in [0.717, 1.165) is 16.0 Å². The van der Waals surface area contributed by atoms with Crippen LogP contribution in [0.4, 0.5) is 5.69 Å². The Kier molecular flexibility index (Phi) is 7.21. The van der Waals surface area contributed by atoms with Crippen molar-refractivity contribution in [2.24, 2.45) is 0 Å². The van der Waals surface area contributed by atoms with Crippen molar-refractivity contribution in [3.63, 3.8) is 0 Å². The third-order valence-electron chi connectivity index (χ3n) is 4.52. The molecular weight excluding hydrogens is 436 g/mol. The highest BCUT2D eigenvalue weighted by atomic mass is 32.2. The Morgan fingerprint density at radius 2 is 1.81 bits per heavy atom. The first kappa shape index (κ1) is 22.7. The second kappa shape index (κ2) is 9.86. The number of ether oxygens (including phenoxy) is 1. The fourth-order valence-corrected chi connectivity index (χ4v) is 4.47. The molecule has 0 saturated carbocycles. The molecule has 0 aliphatic rings. The van der Waals surface area contributed by atoms with Gasteiger partial charge in [-0.05, 0) is 66.8 Å². The topological polar surface area (TPSA) is 102 Å². The summed E-state index contributed by atoms with van der Waals surface area (Å²) in [5.74, 6) is -1.27. The van der Waals surface area contributed by atoms with E-state index in [2.05, 4.69) is 10.0 Å². The van der Waals surface area contributed by atoms with Gasteiger partial charge < -0.3 is 10.1 Å². The van der Waals surface area contributed by atoms with Crippen LogP contribution in [0.2, 0.25) is 0 Å². The van der Waals surface area contributed by atoms with E-state index < -0.39 is 28.5 Å². The van der Waals surface area contributed by atoms with E-state index in [0.29, 0.717) is 5.69 Å². The number of thiophene rings is 1. The number of carbonyl (C=O) groups is 2. The number of rotatable bonds is 8.